The lowest BCUT2D eigenvalue weighted by Crippen LogP contribution is -2.28. The van der Waals surface area contributed by atoms with E-state index in [0.29, 0.717) is 0 Å². The van der Waals surface area contributed by atoms with Crippen molar-refractivity contribution in [3.05, 3.63) is 23.8 Å². The van der Waals surface area contributed by atoms with Crippen molar-refractivity contribution in [1.82, 2.24) is 0 Å². The zero-order chi connectivity index (χ0) is 11.6. The number of ether oxygens (including phenoxy) is 1. The lowest BCUT2D eigenvalue weighted by Gasteiger charge is -2.19. The first-order valence-corrected chi connectivity index (χ1v) is 4.06. The highest BCUT2D eigenvalue weighted by Crippen LogP contribution is 2.39. The van der Waals surface area contributed by atoms with Gasteiger partial charge in [-0.2, -0.15) is 13.2 Å². The quantitative estimate of drug-likeness (QED) is 0.855. The van der Waals surface area contributed by atoms with Crippen LogP contribution in [0.4, 0.5) is 13.2 Å². The number of rotatable bonds is 2. The largest absolute Gasteiger partial charge is 0.507 e. The first-order valence-electron chi connectivity index (χ1n) is 4.06. The van der Waals surface area contributed by atoms with Crippen LogP contribution in [0.3, 0.4) is 0 Å². The zero-order valence-electron chi connectivity index (χ0n) is 8.28. The van der Waals surface area contributed by atoms with E-state index >= 15 is 0 Å². The molecule has 92 valence electrons. The fraction of sp³-hybridized carbons (Fsp3) is 0.333. The number of aromatic hydroxyl groups is 1. The van der Waals surface area contributed by atoms with Gasteiger partial charge >= 0.3 is 6.18 Å². The Morgan fingerprint density at radius 2 is 1.94 bits per heavy atom. The van der Waals surface area contributed by atoms with Crippen molar-refractivity contribution in [2.75, 3.05) is 7.11 Å². The van der Waals surface area contributed by atoms with Crippen LogP contribution >= 0.6 is 12.4 Å². The Labute approximate surface area is 96.4 Å². The molecule has 3 N–H and O–H groups in total. The Bertz CT molecular complexity index is 357. The molecule has 3 nitrogen and oxygen atoms in total. The Morgan fingerprint density at radius 1 is 1.38 bits per heavy atom. The molecule has 1 aromatic rings. The molecular formula is C9H11ClF3NO2. The number of nitrogens with two attached hydrogens (primary N) is 1. The van der Waals surface area contributed by atoms with Crippen LogP contribution in [0.2, 0.25) is 0 Å². The van der Waals surface area contributed by atoms with Gasteiger partial charge in [0.2, 0.25) is 0 Å². The summed E-state index contributed by atoms with van der Waals surface area (Å²) in [6.45, 7) is 0. The minimum Gasteiger partial charge on any atom is -0.507 e. The van der Waals surface area contributed by atoms with Crippen LogP contribution in [0.15, 0.2) is 18.2 Å². The summed E-state index contributed by atoms with van der Waals surface area (Å²) in [5, 5.41) is 9.30. The summed E-state index contributed by atoms with van der Waals surface area (Å²) >= 11 is 0. The molecule has 7 heteroatoms. The highest BCUT2D eigenvalue weighted by molar-refractivity contribution is 5.85. The number of hydrogen-bond acceptors (Lipinski definition) is 3. The van der Waals surface area contributed by atoms with Crippen LogP contribution in [-0.2, 0) is 0 Å². The van der Waals surface area contributed by atoms with Gasteiger partial charge in [0, 0.05) is 0 Å². The van der Waals surface area contributed by atoms with Gasteiger partial charge in [0.15, 0.2) is 0 Å². The van der Waals surface area contributed by atoms with Crippen molar-refractivity contribution >= 4 is 12.4 Å². The molecule has 1 aromatic carbocycles. The van der Waals surface area contributed by atoms with Crippen LogP contribution in [-0.4, -0.2) is 18.4 Å². The summed E-state index contributed by atoms with van der Waals surface area (Å²) in [6.07, 6.45) is -4.62. The van der Waals surface area contributed by atoms with E-state index in [-0.39, 0.29) is 18.2 Å². The van der Waals surface area contributed by atoms with E-state index in [0.717, 1.165) is 6.07 Å². The van der Waals surface area contributed by atoms with Crippen LogP contribution in [0.25, 0.3) is 0 Å². The van der Waals surface area contributed by atoms with Gasteiger partial charge < -0.3 is 15.6 Å². The van der Waals surface area contributed by atoms with E-state index in [1.165, 1.54) is 19.2 Å². The molecule has 1 atom stereocenters. The summed E-state index contributed by atoms with van der Waals surface area (Å²) < 4.78 is 41.7. The predicted octanol–water partition coefficient (Wildman–Crippen LogP) is 2.38. The van der Waals surface area contributed by atoms with Gasteiger partial charge in [-0.05, 0) is 12.1 Å². The number of phenols is 1. The third-order valence-corrected chi connectivity index (χ3v) is 1.93. The van der Waals surface area contributed by atoms with Gasteiger partial charge in [0.25, 0.3) is 0 Å². The Kier molecular flexibility index (Phi) is 4.89. The van der Waals surface area contributed by atoms with E-state index < -0.39 is 23.5 Å². The fourth-order valence-electron chi connectivity index (χ4n) is 1.19. The average Bonchev–Trinajstić information content (AvgIpc) is 2.15. The molecule has 0 aliphatic carbocycles. The maximum absolute atomic E-state index is 12.3. The number of halogens is 4. The molecule has 0 saturated heterocycles. The van der Waals surface area contributed by atoms with Gasteiger partial charge in [-0.25, -0.2) is 0 Å². The van der Waals surface area contributed by atoms with Gasteiger partial charge in [-0.3, -0.25) is 0 Å². The van der Waals surface area contributed by atoms with Gasteiger partial charge in [-0.15, -0.1) is 12.4 Å². The van der Waals surface area contributed by atoms with Crippen LogP contribution < -0.4 is 10.5 Å². The number of phenolic OH excluding ortho intramolecular Hbond substituents is 1. The van der Waals surface area contributed by atoms with Gasteiger partial charge in [0.05, 0.1) is 12.7 Å². The summed E-state index contributed by atoms with van der Waals surface area (Å²) in [4.78, 5) is 0. The maximum atomic E-state index is 12.3. The van der Waals surface area contributed by atoms with Gasteiger partial charge in [0.1, 0.15) is 17.5 Å². The summed E-state index contributed by atoms with van der Waals surface area (Å²) in [5.41, 5.74) is 4.53. The second-order valence-corrected chi connectivity index (χ2v) is 2.91. The Hall–Kier alpha value is -1.14. The molecule has 0 saturated carbocycles. The molecule has 0 bridgehead atoms. The van der Waals surface area contributed by atoms with E-state index in [1.54, 1.807) is 0 Å². The van der Waals surface area contributed by atoms with E-state index in [1.807, 2.05) is 0 Å². The molecule has 0 unspecified atom stereocenters. The fourth-order valence-corrected chi connectivity index (χ4v) is 1.19. The summed E-state index contributed by atoms with van der Waals surface area (Å²) in [6, 6.07) is 1.55. The normalized spacial score (nSPS) is 12.8. The second kappa shape index (κ2) is 5.27. The molecule has 16 heavy (non-hydrogen) atoms. The second-order valence-electron chi connectivity index (χ2n) is 2.91. The lowest BCUT2D eigenvalue weighted by atomic mass is 10.0. The standard InChI is InChI=1S/C9H10F3NO2.ClH/c1-15-6-4-2-3-5(14)7(6)8(13)9(10,11)12;/h2-4,8,14H,13H2,1H3;1H/t8-;/m0./s1. The van der Waals surface area contributed by atoms with Crippen molar-refractivity contribution in [3.8, 4) is 11.5 Å². The molecule has 0 spiro atoms. The molecule has 0 heterocycles. The van der Waals surface area contributed by atoms with Crippen molar-refractivity contribution in [2.45, 2.75) is 12.2 Å². The molecule has 0 aromatic heterocycles. The Balaban J connectivity index is 0.00000225. The predicted molar refractivity (Wildman–Crippen MR) is 54.9 cm³/mol. The van der Waals surface area contributed by atoms with Gasteiger partial charge in [-0.1, -0.05) is 6.07 Å². The third kappa shape index (κ3) is 2.93. The number of benzene rings is 1. The minimum absolute atomic E-state index is 0. The summed E-state index contributed by atoms with van der Waals surface area (Å²) in [7, 11) is 1.21. The lowest BCUT2D eigenvalue weighted by molar-refractivity contribution is -0.149. The van der Waals surface area contributed by atoms with E-state index in [2.05, 4.69) is 0 Å². The SMILES string of the molecule is COc1cccc(O)c1[C@H](N)C(F)(F)F.Cl. The first kappa shape index (κ1) is 14.9. The van der Waals surface area contributed by atoms with Crippen molar-refractivity contribution in [2.24, 2.45) is 5.73 Å². The zero-order valence-corrected chi connectivity index (χ0v) is 9.10. The van der Waals surface area contributed by atoms with Crippen molar-refractivity contribution in [1.29, 1.82) is 0 Å². The Morgan fingerprint density at radius 3 is 2.38 bits per heavy atom. The highest BCUT2D eigenvalue weighted by Gasteiger charge is 2.40. The smallest absolute Gasteiger partial charge is 0.407 e. The van der Waals surface area contributed by atoms with Crippen LogP contribution in [0.1, 0.15) is 11.6 Å². The average molecular weight is 258 g/mol. The number of alkyl halides is 3. The molecular weight excluding hydrogens is 247 g/mol. The third-order valence-electron chi connectivity index (χ3n) is 1.93. The topological polar surface area (TPSA) is 55.5 Å². The summed E-state index contributed by atoms with van der Waals surface area (Å²) in [5.74, 6) is -0.612. The van der Waals surface area contributed by atoms with E-state index in [4.69, 9.17) is 10.5 Å². The highest BCUT2D eigenvalue weighted by atomic mass is 35.5. The van der Waals surface area contributed by atoms with Crippen molar-refractivity contribution < 1.29 is 23.0 Å². The first-order chi connectivity index (χ1) is 6.88. The molecule has 0 aliphatic rings. The van der Waals surface area contributed by atoms with E-state index in [9.17, 15) is 18.3 Å². The number of methoxy groups -OCH3 is 1. The van der Waals surface area contributed by atoms with Crippen molar-refractivity contribution in [3.63, 3.8) is 0 Å². The maximum Gasteiger partial charge on any atom is 0.407 e. The van der Waals surface area contributed by atoms with Crippen LogP contribution in [0, 0.1) is 0 Å². The molecule has 0 aliphatic heterocycles. The minimum atomic E-state index is -4.62. The molecule has 0 radical (unpaired) electrons. The van der Waals surface area contributed by atoms with Crippen LogP contribution in [0.5, 0.6) is 11.5 Å². The molecule has 1 rings (SSSR count). The molecule has 0 amide bonds. The molecule has 0 fully saturated rings. The number of hydrogen-bond donors (Lipinski definition) is 2. The monoisotopic (exact) mass is 257 g/mol.